The molecule has 0 amide bonds. The Morgan fingerprint density at radius 3 is 2.90 bits per heavy atom. The molecule has 0 unspecified atom stereocenters. The summed E-state index contributed by atoms with van der Waals surface area (Å²) in [6, 6.07) is 7.52. The molecule has 1 N–H and O–H groups in total. The van der Waals surface area contributed by atoms with E-state index >= 15 is 0 Å². The van der Waals surface area contributed by atoms with Crippen LogP contribution in [0.15, 0.2) is 29.8 Å². The Hall–Kier alpha value is -1.34. The third kappa shape index (κ3) is 5.75. The van der Waals surface area contributed by atoms with E-state index < -0.39 is 0 Å². The Kier molecular flexibility index (Phi) is 7.32. The summed E-state index contributed by atoms with van der Waals surface area (Å²) in [5, 5.41) is 9.17. The van der Waals surface area contributed by atoms with Crippen LogP contribution in [-0.4, -0.2) is 28.7 Å². The number of carbonyl (C=O) groups is 1. The van der Waals surface area contributed by atoms with Gasteiger partial charge in [-0.3, -0.25) is 10.0 Å². The predicted octanol–water partition coefficient (Wildman–Crippen LogP) is 3.05. The summed E-state index contributed by atoms with van der Waals surface area (Å²) in [5.74, 6) is -0.321. The molecule has 0 aliphatic carbocycles. The number of nitrogens with zero attached hydrogens (tertiary/aromatic N) is 1. The fraction of sp³-hybridized carbons (Fsp3) is 0.357. The molecule has 0 spiro atoms. The minimum Gasteiger partial charge on any atom is -0.463 e. The molecule has 20 heavy (non-hydrogen) atoms. The zero-order valence-corrected chi connectivity index (χ0v) is 12.6. The molecule has 6 heteroatoms. The molecule has 1 aromatic carbocycles. The highest BCUT2D eigenvalue weighted by Gasteiger charge is 2.05. The summed E-state index contributed by atoms with van der Waals surface area (Å²) < 4.78 is 5.63. The van der Waals surface area contributed by atoms with Crippen LogP contribution in [0.2, 0.25) is 0 Å². The number of benzene rings is 1. The standard InChI is InChI=1S/C14H19NO4S/c1-4-18-14(16)11(2)8-12-6-5-7-13(9-12)10-19-15(17)20-3/h5-9,17H,4,10H2,1-3H3/b11-8+. The van der Waals surface area contributed by atoms with E-state index in [0.717, 1.165) is 23.1 Å². The largest absolute Gasteiger partial charge is 0.463 e. The van der Waals surface area contributed by atoms with E-state index in [9.17, 15) is 4.79 Å². The molecule has 0 bridgehead atoms. The maximum atomic E-state index is 11.5. The average molecular weight is 297 g/mol. The van der Waals surface area contributed by atoms with Gasteiger partial charge >= 0.3 is 5.97 Å². The molecule has 110 valence electrons. The van der Waals surface area contributed by atoms with Gasteiger partial charge in [-0.2, -0.15) is 0 Å². The lowest BCUT2D eigenvalue weighted by atomic mass is 10.1. The molecule has 0 aliphatic heterocycles. The fourth-order valence-corrected chi connectivity index (χ4v) is 1.67. The van der Waals surface area contributed by atoms with Gasteiger partial charge < -0.3 is 4.74 Å². The minimum absolute atomic E-state index is 0.247. The van der Waals surface area contributed by atoms with E-state index in [0.29, 0.717) is 16.8 Å². The van der Waals surface area contributed by atoms with Crippen LogP contribution >= 0.6 is 11.9 Å². The lowest BCUT2D eigenvalue weighted by Crippen LogP contribution is -2.10. The summed E-state index contributed by atoms with van der Waals surface area (Å²) in [4.78, 5) is 16.6. The van der Waals surface area contributed by atoms with Crippen LogP contribution in [0.5, 0.6) is 0 Å². The Morgan fingerprint density at radius 1 is 1.50 bits per heavy atom. The van der Waals surface area contributed by atoms with Gasteiger partial charge in [0.05, 0.1) is 13.2 Å². The van der Waals surface area contributed by atoms with E-state index in [1.54, 1.807) is 26.2 Å². The van der Waals surface area contributed by atoms with E-state index in [-0.39, 0.29) is 12.6 Å². The molecule has 0 atom stereocenters. The highest BCUT2D eigenvalue weighted by atomic mass is 32.2. The highest BCUT2D eigenvalue weighted by Crippen LogP contribution is 2.13. The van der Waals surface area contributed by atoms with E-state index in [4.69, 9.17) is 14.8 Å². The number of carbonyl (C=O) groups excluding carboxylic acids is 1. The number of esters is 1. The van der Waals surface area contributed by atoms with Crippen molar-refractivity contribution >= 4 is 24.0 Å². The second kappa shape index (κ2) is 8.76. The topological polar surface area (TPSA) is 59.0 Å². The zero-order chi connectivity index (χ0) is 15.0. The SMILES string of the molecule is CCOC(=O)/C(C)=C/c1cccc(CON(O)SC)c1. The predicted molar refractivity (Wildman–Crippen MR) is 78.7 cm³/mol. The van der Waals surface area contributed by atoms with Gasteiger partial charge in [0.25, 0.3) is 0 Å². The average Bonchev–Trinajstić information content (AvgIpc) is 2.45. The molecule has 5 nitrogen and oxygen atoms in total. The summed E-state index contributed by atoms with van der Waals surface area (Å²) in [5.41, 5.74) is 2.31. The van der Waals surface area contributed by atoms with Crippen molar-refractivity contribution in [3.05, 3.63) is 41.0 Å². The van der Waals surface area contributed by atoms with Crippen molar-refractivity contribution in [3.8, 4) is 0 Å². The Bertz CT molecular complexity index is 476. The monoisotopic (exact) mass is 297 g/mol. The van der Waals surface area contributed by atoms with Gasteiger partial charge in [0.2, 0.25) is 0 Å². The Balaban J connectivity index is 2.72. The molecule has 0 heterocycles. The van der Waals surface area contributed by atoms with E-state index in [1.165, 1.54) is 0 Å². The second-order valence-corrected chi connectivity index (χ2v) is 4.66. The van der Waals surface area contributed by atoms with Gasteiger partial charge in [-0.05, 0) is 53.7 Å². The summed E-state index contributed by atoms with van der Waals surface area (Å²) in [6.45, 7) is 4.09. The second-order valence-electron chi connectivity index (χ2n) is 3.99. The normalized spacial score (nSPS) is 11.8. The maximum absolute atomic E-state index is 11.5. The van der Waals surface area contributed by atoms with Crippen molar-refractivity contribution < 1.29 is 19.6 Å². The lowest BCUT2D eigenvalue weighted by Gasteiger charge is -2.10. The third-order valence-corrected chi connectivity index (χ3v) is 2.85. The first kappa shape index (κ1) is 16.7. The van der Waals surface area contributed by atoms with Crippen molar-refractivity contribution in [1.82, 2.24) is 4.63 Å². The molecule has 1 aromatic rings. The first-order valence-corrected chi connectivity index (χ1v) is 7.35. The molecule has 0 saturated carbocycles. The van der Waals surface area contributed by atoms with Crippen molar-refractivity contribution in [2.24, 2.45) is 0 Å². The quantitative estimate of drug-likeness (QED) is 0.361. The maximum Gasteiger partial charge on any atom is 0.333 e. The van der Waals surface area contributed by atoms with Crippen molar-refractivity contribution in [2.75, 3.05) is 12.9 Å². The molecule has 0 aromatic heterocycles. The summed E-state index contributed by atoms with van der Waals surface area (Å²) in [7, 11) is 0. The number of ether oxygens (including phenoxy) is 1. The third-order valence-electron chi connectivity index (χ3n) is 2.43. The highest BCUT2D eigenvalue weighted by molar-refractivity contribution is 7.96. The molecular formula is C14H19NO4S. The van der Waals surface area contributed by atoms with Gasteiger partial charge in [-0.1, -0.05) is 18.2 Å². The van der Waals surface area contributed by atoms with Crippen molar-refractivity contribution in [1.29, 1.82) is 0 Å². The van der Waals surface area contributed by atoms with Crippen LogP contribution in [-0.2, 0) is 21.0 Å². The van der Waals surface area contributed by atoms with Crippen molar-refractivity contribution in [3.63, 3.8) is 0 Å². The molecule has 0 saturated heterocycles. The molecule has 0 fully saturated rings. The van der Waals surface area contributed by atoms with Crippen LogP contribution < -0.4 is 0 Å². The van der Waals surface area contributed by atoms with Gasteiger partial charge in [-0.15, -0.1) is 0 Å². The molecule has 1 rings (SSSR count). The first-order valence-electron chi connectivity index (χ1n) is 6.17. The first-order chi connectivity index (χ1) is 9.56. The number of hydrogen-bond acceptors (Lipinski definition) is 6. The van der Waals surface area contributed by atoms with Gasteiger partial charge in [0.15, 0.2) is 0 Å². The van der Waals surface area contributed by atoms with Crippen molar-refractivity contribution in [2.45, 2.75) is 20.5 Å². The summed E-state index contributed by atoms with van der Waals surface area (Å²) in [6.07, 6.45) is 3.45. The van der Waals surface area contributed by atoms with Crippen LogP contribution in [0.3, 0.4) is 0 Å². The minimum atomic E-state index is -0.321. The Labute approximate surface area is 123 Å². The van der Waals surface area contributed by atoms with E-state index in [2.05, 4.69) is 0 Å². The molecule has 0 radical (unpaired) electrons. The van der Waals surface area contributed by atoms with Crippen LogP contribution in [0, 0.1) is 0 Å². The van der Waals surface area contributed by atoms with Gasteiger partial charge in [0.1, 0.15) is 0 Å². The van der Waals surface area contributed by atoms with Crippen LogP contribution in [0.25, 0.3) is 6.08 Å². The van der Waals surface area contributed by atoms with Crippen LogP contribution in [0.4, 0.5) is 0 Å². The molecule has 0 aliphatic rings. The number of hydrogen-bond donors (Lipinski definition) is 1. The zero-order valence-electron chi connectivity index (χ0n) is 11.8. The summed E-state index contributed by atoms with van der Waals surface area (Å²) >= 11 is 1.06. The van der Waals surface area contributed by atoms with Crippen LogP contribution in [0.1, 0.15) is 25.0 Å². The fourth-order valence-electron chi connectivity index (χ4n) is 1.51. The van der Waals surface area contributed by atoms with Gasteiger partial charge in [-0.25, -0.2) is 4.79 Å². The Morgan fingerprint density at radius 2 is 2.25 bits per heavy atom. The van der Waals surface area contributed by atoms with E-state index in [1.807, 2.05) is 24.3 Å². The molecular weight excluding hydrogens is 278 g/mol. The van der Waals surface area contributed by atoms with Gasteiger partial charge in [0, 0.05) is 11.8 Å². The smallest absolute Gasteiger partial charge is 0.333 e. The number of rotatable bonds is 7. The lowest BCUT2D eigenvalue weighted by molar-refractivity contribution is -0.267.